The topological polar surface area (TPSA) is 74.3 Å². The zero-order chi connectivity index (χ0) is 39.0. The number of nitrogens with zero attached hydrogens (tertiary/aromatic N) is 1. The van der Waals surface area contributed by atoms with E-state index in [1.165, 1.54) is 83.7 Å². The van der Waals surface area contributed by atoms with E-state index in [1.807, 2.05) is 6.08 Å². The van der Waals surface area contributed by atoms with E-state index in [0.29, 0.717) is 32.0 Å². The minimum absolute atomic E-state index is 0.0279. The average molecular weight is 756 g/mol. The van der Waals surface area contributed by atoms with Gasteiger partial charge in [-0.3, -0.25) is 9.59 Å². The molecule has 0 aromatic rings. The first-order valence-electron chi connectivity index (χ1n) is 22.6. The van der Waals surface area contributed by atoms with E-state index < -0.39 is 5.79 Å². The SMILES string of the molecule is C=C=C=C=CC(CCCCC)CC(=O)OCCCCCCCCC1(CCCCCCCCOC(=O)CC(C)CCCCC)OCC(CCN2CCCC2)O1. The van der Waals surface area contributed by atoms with Crippen LogP contribution in [0.25, 0.3) is 0 Å². The molecule has 0 bridgehead atoms. The summed E-state index contributed by atoms with van der Waals surface area (Å²) in [5, 5.41) is 0. The van der Waals surface area contributed by atoms with Crippen LogP contribution in [0.1, 0.15) is 194 Å². The van der Waals surface area contributed by atoms with Gasteiger partial charge in [0, 0.05) is 25.8 Å². The van der Waals surface area contributed by atoms with Gasteiger partial charge < -0.3 is 23.8 Å². The van der Waals surface area contributed by atoms with Crippen molar-refractivity contribution in [2.45, 2.75) is 206 Å². The van der Waals surface area contributed by atoms with Crippen LogP contribution in [-0.2, 0) is 28.5 Å². The van der Waals surface area contributed by atoms with E-state index in [1.54, 1.807) is 0 Å². The zero-order valence-electron chi connectivity index (χ0n) is 35.2. The molecule has 0 N–H and O–H groups in total. The summed E-state index contributed by atoms with van der Waals surface area (Å²) in [6, 6.07) is 0. The van der Waals surface area contributed by atoms with Crippen LogP contribution in [0.3, 0.4) is 0 Å². The molecule has 2 aliphatic rings. The first-order chi connectivity index (χ1) is 26.4. The van der Waals surface area contributed by atoms with Crippen molar-refractivity contribution in [3.05, 3.63) is 29.8 Å². The second-order valence-electron chi connectivity index (χ2n) is 16.4. The first kappa shape index (κ1) is 48.0. The van der Waals surface area contributed by atoms with Crippen molar-refractivity contribution in [3.63, 3.8) is 0 Å². The van der Waals surface area contributed by atoms with Crippen molar-refractivity contribution in [1.82, 2.24) is 4.90 Å². The van der Waals surface area contributed by atoms with E-state index in [-0.39, 0.29) is 24.0 Å². The van der Waals surface area contributed by atoms with Crippen molar-refractivity contribution in [2.24, 2.45) is 11.8 Å². The third-order valence-electron chi connectivity index (χ3n) is 11.2. The molecule has 7 heteroatoms. The normalized spacial score (nSPS) is 19.5. The molecule has 0 saturated carbocycles. The Morgan fingerprint density at radius 2 is 1.33 bits per heavy atom. The minimum atomic E-state index is -0.424. The summed E-state index contributed by atoms with van der Waals surface area (Å²) in [6.45, 7) is 15.4. The number of hydrogen-bond acceptors (Lipinski definition) is 7. The van der Waals surface area contributed by atoms with Crippen LogP contribution in [0.4, 0.5) is 0 Å². The van der Waals surface area contributed by atoms with Crippen LogP contribution in [-0.4, -0.2) is 68.2 Å². The zero-order valence-corrected chi connectivity index (χ0v) is 35.2. The van der Waals surface area contributed by atoms with Gasteiger partial charge in [-0.15, -0.1) is 0 Å². The number of ether oxygens (including phenoxy) is 4. The van der Waals surface area contributed by atoms with E-state index in [0.717, 1.165) is 103 Å². The Balaban J connectivity index is 1.61. The smallest absolute Gasteiger partial charge is 0.306 e. The van der Waals surface area contributed by atoms with Gasteiger partial charge in [0.15, 0.2) is 5.79 Å². The number of esters is 2. The molecule has 4 unspecified atom stereocenters. The average Bonchev–Trinajstić information content (AvgIpc) is 3.83. The molecular formula is C47H81NO6. The molecule has 0 aromatic heterocycles. The van der Waals surface area contributed by atoms with Gasteiger partial charge in [0.1, 0.15) is 0 Å². The second-order valence-corrected chi connectivity index (χ2v) is 16.4. The van der Waals surface area contributed by atoms with Gasteiger partial charge in [0.05, 0.1) is 32.3 Å². The van der Waals surface area contributed by atoms with Crippen molar-refractivity contribution in [1.29, 1.82) is 0 Å². The lowest BCUT2D eigenvalue weighted by Gasteiger charge is -2.29. The highest BCUT2D eigenvalue weighted by atomic mass is 16.7. The number of carbonyl (C=O) groups excluding carboxylic acids is 2. The van der Waals surface area contributed by atoms with Gasteiger partial charge in [-0.05, 0) is 94.7 Å². The quantitative estimate of drug-likeness (QED) is 0.0368. The largest absolute Gasteiger partial charge is 0.466 e. The number of rotatable bonds is 34. The maximum absolute atomic E-state index is 12.5. The van der Waals surface area contributed by atoms with Gasteiger partial charge in [0.2, 0.25) is 0 Å². The molecule has 4 atom stereocenters. The predicted molar refractivity (Wildman–Crippen MR) is 221 cm³/mol. The molecule has 2 fully saturated rings. The minimum Gasteiger partial charge on any atom is -0.466 e. The lowest BCUT2D eigenvalue weighted by Crippen LogP contribution is -2.32. The number of unbranched alkanes of at least 4 members (excludes halogenated alkanes) is 14. The molecule has 2 saturated heterocycles. The Bertz CT molecular complexity index is 1080. The number of allylic oxidation sites excluding steroid dienone is 1. The molecule has 0 amide bonds. The van der Waals surface area contributed by atoms with Crippen LogP contribution in [0.15, 0.2) is 29.8 Å². The van der Waals surface area contributed by atoms with Gasteiger partial charge in [-0.2, -0.15) is 0 Å². The molecule has 0 radical (unpaired) electrons. The van der Waals surface area contributed by atoms with Crippen molar-refractivity contribution in [3.8, 4) is 0 Å². The highest BCUT2D eigenvalue weighted by Gasteiger charge is 2.40. The summed E-state index contributed by atoms with van der Waals surface area (Å²) in [4.78, 5) is 27.2. The van der Waals surface area contributed by atoms with E-state index in [9.17, 15) is 9.59 Å². The lowest BCUT2D eigenvalue weighted by atomic mass is 9.98. The fourth-order valence-corrected chi connectivity index (χ4v) is 7.83. The molecule has 0 aliphatic carbocycles. The first-order valence-corrected chi connectivity index (χ1v) is 22.6. The highest BCUT2D eigenvalue weighted by molar-refractivity contribution is 5.70. The predicted octanol–water partition coefficient (Wildman–Crippen LogP) is 12.0. The van der Waals surface area contributed by atoms with Crippen LogP contribution in [0.2, 0.25) is 0 Å². The van der Waals surface area contributed by atoms with E-state index >= 15 is 0 Å². The Morgan fingerprint density at radius 3 is 1.93 bits per heavy atom. The molecule has 310 valence electrons. The Kier molecular flexibility index (Phi) is 28.5. The van der Waals surface area contributed by atoms with Crippen molar-refractivity contribution < 1.29 is 28.5 Å². The molecule has 2 heterocycles. The molecule has 0 spiro atoms. The van der Waals surface area contributed by atoms with E-state index in [4.69, 9.17) is 18.9 Å². The van der Waals surface area contributed by atoms with Gasteiger partial charge in [0.25, 0.3) is 0 Å². The van der Waals surface area contributed by atoms with Gasteiger partial charge >= 0.3 is 11.9 Å². The van der Waals surface area contributed by atoms with Crippen molar-refractivity contribution in [2.75, 3.05) is 39.5 Å². The third kappa shape index (κ3) is 24.4. The number of likely N-dealkylation sites (tertiary alicyclic amines) is 1. The van der Waals surface area contributed by atoms with Crippen molar-refractivity contribution >= 4 is 11.9 Å². The Hall–Kier alpha value is -2.10. The lowest BCUT2D eigenvalue weighted by molar-refractivity contribution is -0.180. The van der Waals surface area contributed by atoms with Crippen LogP contribution < -0.4 is 0 Å². The Labute approximate surface area is 331 Å². The maximum atomic E-state index is 12.5. The second kappa shape index (κ2) is 32.0. The number of carbonyl (C=O) groups is 2. The fraction of sp³-hybridized carbons (Fsp3) is 0.851. The molecule has 0 aromatic carbocycles. The summed E-state index contributed by atoms with van der Waals surface area (Å²) >= 11 is 0. The summed E-state index contributed by atoms with van der Waals surface area (Å²) in [5.74, 6) is -0.0117. The Morgan fingerprint density at radius 1 is 0.778 bits per heavy atom. The summed E-state index contributed by atoms with van der Waals surface area (Å²) in [5.41, 5.74) is 8.28. The van der Waals surface area contributed by atoms with Crippen LogP contribution in [0, 0.1) is 11.8 Å². The fourth-order valence-electron chi connectivity index (χ4n) is 7.83. The summed E-state index contributed by atoms with van der Waals surface area (Å²) < 4.78 is 24.4. The monoisotopic (exact) mass is 756 g/mol. The van der Waals surface area contributed by atoms with Gasteiger partial charge in [-0.1, -0.05) is 129 Å². The molecule has 54 heavy (non-hydrogen) atoms. The highest BCUT2D eigenvalue weighted by Crippen LogP contribution is 2.36. The van der Waals surface area contributed by atoms with Gasteiger partial charge in [-0.25, -0.2) is 0 Å². The molecule has 2 aliphatic heterocycles. The third-order valence-corrected chi connectivity index (χ3v) is 11.2. The summed E-state index contributed by atoms with van der Waals surface area (Å²) in [6.07, 6.45) is 31.3. The molecular weight excluding hydrogens is 675 g/mol. The maximum Gasteiger partial charge on any atom is 0.306 e. The van der Waals surface area contributed by atoms with Crippen LogP contribution in [0.5, 0.6) is 0 Å². The number of hydrogen-bond donors (Lipinski definition) is 0. The summed E-state index contributed by atoms with van der Waals surface area (Å²) in [7, 11) is 0. The molecule has 7 nitrogen and oxygen atoms in total. The molecule has 2 rings (SSSR count). The standard InChI is InChI=1S/C47H81NO6/c1-5-8-19-28-42(4)39-45(49)51-37-26-17-13-11-15-22-32-47(53-41-44(54-47)31-36-48-34-24-25-35-48)33-23-16-12-14-18-27-38-52-46(50)40-43(29-20-9-6-2)30-21-10-7-3/h29,42-44H,2,5,7-8,10-19,21-28,30-41H2,1,3-4H3. The van der Waals surface area contributed by atoms with E-state index in [2.05, 4.69) is 49.4 Å². The van der Waals surface area contributed by atoms with Crippen LogP contribution >= 0.6 is 0 Å².